The van der Waals surface area contributed by atoms with E-state index in [0.717, 1.165) is 29.7 Å². The van der Waals surface area contributed by atoms with Crippen LogP contribution in [-0.2, 0) is 11.4 Å². The molecule has 2 aromatic carbocycles. The van der Waals surface area contributed by atoms with Crippen molar-refractivity contribution in [2.45, 2.75) is 11.8 Å². The Morgan fingerprint density at radius 1 is 1.15 bits per heavy atom. The molecule has 0 spiro atoms. The van der Waals surface area contributed by atoms with Gasteiger partial charge in [-0.15, -0.1) is 0 Å². The lowest BCUT2D eigenvalue weighted by atomic mass is 10.2. The molecule has 3 N–H and O–H groups in total. The molecule has 0 aliphatic rings. The molecular weight excluding hydrogens is 465 g/mol. The van der Waals surface area contributed by atoms with Gasteiger partial charge in [0.15, 0.2) is 17.3 Å². The first kappa shape index (κ1) is 23.2. The smallest absolute Gasteiger partial charge is 0.216 e. The van der Waals surface area contributed by atoms with E-state index in [1.165, 1.54) is 18.2 Å². The number of rotatable bonds is 8. The number of hydrogen-bond acceptors (Lipinski definition) is 7. The molecule has 0 radical (unpaired) electrons. The Balaban J connectivity index is 1.57. The number of nitrogens with one attached hydrogen (secondary N) is 3. The first-order valence-corrected chi connectivity index (χ1v) is 11.7. The molecule has 0 amide bonds. The van der Waals surface area contributed by atoms with Crippen molar-refractivity contribution in [2.75, 3.05) is 37.2 Å². The van der Waals surface area contributed by atoms with E-state index in [4.69, 9.17) is 16.6 Å². The summed E-state index contributed by atoms with van der Waals surface area (Å²) in [5, 5.41) is 11.8. The van der Waals surface area contributed by atoms with Crippen LogP contribution in [0.4, 0.5) is 15.9 Å². The second kappa shape index (κ2) is 9.92. The number of benzene rings is 2. The second-order valence-corrected chi connectivity index (χ2v) is 9.30. The average molecular weight is 488 g/mol. The number of hydrogen-bond donors (Lipinski definition) is 3. The van der Waals surface area contributed by atoms with Crippen LogP contribution in [0, 0.1) is 12.7 Å². The molecule has 11 heteroatoms. The van der Waals surface area contributed by atoms with E-state index in [-0.39, 0.29) is 4.90 Å². The van der Waals surface area contributed by atoms with Gasteiger partial charge in [0.1, 0.15) is 17.2 Å². The van der Waals surface area contributed by atoms with Crippen LogP contribution in [0.2, 0.25) is 5.02 Å². The van der Waals surface area contributed by atoms with E-state index < -0.39 is 17.2 Å². The third-order valence-corrected chi connectivity index (χ3v) is 6.27. The summed E-state index contributed by atoms with van der Waals surface area (Å²) in [6.45, 7) is 3.47. The highest BCUT2D eigenvalue weighted by Gasteiger charge is 2.19. The van der Waals surface area contributed by atoms with Gasteiger partial charge in [0, 0.05) is 29.7 Å². The van der Waals surface area contributed by atoms with Gasteiger partial charge in [0.05, 0.1) is 16.8 Å². The Bertz CT molecular complexity index is 1270. The molecule has 8 nitrogen and oxygen atoms in total. The Kier molecular flexibility index (Phi) is 6.99. The zero-order chi connectivity index (χ0) is 23.5. The quantitative estimate of drug-likeness (QED) is 0.319. The van der Waals surface area contributed by atoms with E-state index in [9.17, 15) is 8.94 Å². The molecule has 2 aromatic heterocycles. The van der Waals surface area contributed by atoms with E-state index >= 15 is 0 Å². The molecule has 0 aliphatic carbocycles. The largest absolute Gasteiger partial charge is 0.588 e. The molecule has 33 heavy (non-hydrogen) atoms. The third kappa shape index (κ3) is 5.36. The van der Waals surface area contributed by atoms with E-state index in [1.807, 2.05) is 33.2 Å². The predicted octanol–water partition coefficient (Wildman–Crippen LogP) is 4.23. The Morgan fingerprint density at radius 3 is 2.64 bits per heavy atom. The minimum absolute atomic E-state index is 0.0107. The van der Waals surface area contributed by atoms with Crippen molar-refractivity contribution < 1.29 is 8.94 Å². The molecule has 1 unspecified atom stereocenters. The minimum Gasteiger partial charge on any atom is -0.588 e. The molecule has 2 heterocycles. The fraction of sp³-hybridized carbons (Fsp3) is 0.227. The van der Waals surface area contributed by atoms with Gasteiger partial charge >= 0.3 is 0 Å². The predicted molar refractivity (Wildman–Crippen MR) is 130 cm³/mol. The highest BCUT2D eigenvalue weighted by molar-refractivity contribution is 7.92. The van der Waals surface area contributed by atoms with Crippen molar-refractivity contribution in [2.24, 2.45) is 0 Å². The maximum Gasteiger partial charge on any atom is 0.216 e. The van der Waals surface area contributed by atoms with Crippen LogP contribution < -0.4 is 10.0 Å². The number of likely N-dealkylation sites (N-methyl/N-ethyl adjacent to an activating group) is 1. The molecule has 0 aliphatic heterocycles. The van der Waals surface area contributed by atoms with Crippen LogP contribution in [0.15, 0.2) is 47.4 Å². The highest BCUT2D eigenvalue weighted by Crippen LogP contribution is 2.28. The summed E-state index contributed by atoms with van der Waals surface area (Å²) in [6.07, 6.45) is 0. The highest BCUT2D eigenvalue weighted by atomic mass is 35.5. The first-order chi connectivity index (χ1) is 15.8. The Labute approximate surface area is 198 Å². The molecule has 0 saturated carbocycles. The molecular formula is C22H23ClFN7OS. The van der Waals surface area contributed by atoms with Gasteiger partial charge < -0.3 is 14.8 Å². The van der Waals surface area contributed by atoms with Gasteiger partial charge in [-0.2, -0.15) is 5.10 Å². The average Bonchev–Trinajstić information content (AvgIpc) is 3.16. The minimum atomic E-state index is -1.80. The van der Waals surface area contributed by atoms with Crippen molar-refractivity contribution in [3.63, 3.8) is 0 Å². The normalized spacial score (nSPS) is 12.3. The van der Waals surface area contributed by atoms with E-state index in [2.05, 4.69) is 30.1 Å². The standard InChI is InChI=1S/C22H23ClFN7OS/c1-13-19-21(25-10-11-31(2)3)26-20(27-22(19)29-28-13)14-4-7-16(8-5-14)30-33(32)18-12-15(23)6-9-17(18)24/h4-9,12,30H,10-11H2,1-3H3,(H2,25,26,27,28,29). The number of nitrogens with zero attached hydrogens (tertiary/aromatic N) is 4. The fourth-order valence-electron chi connectivity index (χ4n) is 3.20. The van der Waals surface area contributed by atoms with Crippen LogP contribution in [-0.4, -0.2) is 56.8 Å². The lowest BCUT2D eigenvalue weighted by Crippen LogP contribution is -2.21. The van der Waals surface area contributed by atoms with E-state index in [1.54, 1.807) is 12.1 Å². The topological polar surface area (TPSA) is 105 Å². The summed E-state index contributed by atoms with van der Waals surface area (Å²) in [5.41, 5.74) is 2.79. The number of H-pyrrole nitrogens is 1. The van der Waals surface area contributed by atoms with Gasteiger partial charge in [0.2, 0.25) is 4.90 Å². The summed E-state index contributed by atoms with van der Waals surface area (Å²) >= 11 is 4.10. The molecule has 0 bridgehead atoms. The first-order valence-electron chi connectivity index (χ1n) is 10.2. The lowest BCUT2D eigenvalue weighted by Gasteiger charge is -2.13. The molecule has 4 aromatic rings. The lowest BCUT2D eigenvalue weighted by molar-refractivity contribution is 0.425. The number of aryl methyl sites for hydroxylation is 1. The molecule has 1 atom stereocenters. The summed E-state index contributed by atoms with van der Waals surface area (Å²) < 4.78 is 29.3. The van der Waals surface area contributed by atoms with Crippen molar-refractivity contribution in [1.82, 2.24) is 25.1 Å². The summed E-state index contributed by atoms with van der Waals surface area (Å²) in [7, 11) is 4.02. The van der Waals surface area contributed by atoms with Crippen LogP contribution in [0.25, 0.3) is 22.4 Å². The number of aromatic amines is 1. The summed E-state index contributed by atoms with van der Waals surface area (Å²) in [6, 6.07) is 11.0. The molecule has 172 valence electrons. The van der Waals surface area contributed by atoms with Crippen molar-refractivity contribution in [1.29, 1.82) is 0 Å². The maximum atomic E-state index is 14.0. The van der Waals surface area contributed by atoms with E-state index in [0.29, 0.717) is 28.0 Å². The molecule has 4 rings (SSSR count). The van der Waals surface area contributed by atoms with Gasteiger partial charge in [-0.25, -0.2) is 19.1 Å². The summed E-state index contributed by atoms with van der Waals surface area (Å²) in [4.78, 5) is 11.4. The van der Waals surface area contributed by atoms with Crippen molar-refractivity contribution >= 4 is 45.5 Å². The SMILES string of the molecule is Cc1n[nH]c2nc(-c3ccc(N[S+]([O-])c4cc(Cl)ccc4F)cc3)nc(NCCN(C)C)c12. The zero-order valence-electron chi connectivity index (χ0n) is 18.3. The van der Waals surface area contributed by atoms with Gasteiger partial charge in [-0.1, -0.05) is 11.6 Å². The van der Waals surface area contributed by atoms with Crippen LogP contribution in [0.1, 0.15) is 5.69 Å². The van der Waals surface area contributed by atoms with Gasteiger partial charge in [-0.05, 0) is 57.4 Å². The van der Waals surface area contributed by atoms with Gasteiger partial charge in [0.25, 0.3) is 0 Å². The number of halogens is 2. The van der Waals surface area contributed by atoms with Crippen molar-refractivity contribution in [3.8, 4) is 11.4 Å². The Morgan fingerprint density at radius 2 is 1.91 bits per heavy atom. The maximum absolute atomic E-state index is 14.0. The fourth-order valence-corrected chi connectivity index (χ4v) is 4.38. The summed E-state index contributed by atoms with van der Waals surface area (Å²) in [5.74, 6) is 0.641. The molecule has 0 saturated heterocycles. The number of anilines is 2. The molecule has 0 fully saturated rings. The monoisotopic (exact) mass is 487 g/mol. The number of fused-ring (bicyclic) bond motifs is 1. The van der Waals surface area contributed by atoms with Crippen LogP contribution >= 0.6 is 11.6 Å². The van der Waals surface area contributed by atoms with Gasteiger partial charge in [-0.3, -0.25) is 5.10 Å². The van der Waals surface area contributed by atoms with Crippen molar-refractivity contribution in [3.05, 3.63) is 59.0 Å². The van der Waals surface area contributed by atoms with Crippen LogP contribution in [0.5, 0.6) is 0 Å². The van der Waals surface area contributed by atoms with Crippen LogP contribution in [0.3, 0.4) is 0 Å². The second-order valence-electron chi connectivity index (χ2n) is 7.68. The third-order valence-electron chi connectivity index (χ3n) is 4.90. The zero-order valence-corrected chi connectivity index (χ0v) is 19.9. The Hall–Kier alpha value is -2.92. The number of aromatic nitrogens is 4.